The third kappa shape index (κ3) is 3.11. The van der Waals surface area contributed by atoms with E-state index >= 15 is 0 Å². The highest BCUT2D eigenvalue weighted by atomic mass is 79.9. The van der Waals surface area contributed by atoms with Gasteiger partial charge >= 0.3 is 0 Å². The lowest BCUT2D eigenvalue weighted by Gasteiger charge is -2.00. The van der Waals surface area contributed by atoms with Crippen molar-refractivity contribution < 1.29 is 4.79 Å². The monoisotopic (exact) mass is 340 g/mol. The van der Waals surface area contributed by atoms with Gasteiger partial charge in [-0.3, -0.25) is 4.79 Å². The Morgan fingerprint density at radius 2 is 1.71 bits per heavy atom. The molecule has 3 rings (SSSR count). The molecule has 104 valence electrons. The van der Waals surface area contributed by atoms with E-state index in [4.69, 9.17) is 0 Å². The summed E-state index contributed by atoms with van der Waals surface area (Å²) in [7, 11) is 0. The van der Waals surface area contributed by atoms with E-state index in [0.29, 0.717) is 11.5 Å². The van der Waals surface area contributed by atoms with E-state index in [-0.39, 0.29) is 5.91 Å². The van der Waals surface area contributed by atoms with Crippen molar-refractivity contribution >= 4 is 33.7 Å². The lowest BCUT2D eigenvalue weighted by molar-refractivity contribution is -0.115. The number of carbonyl (C=O) groups is 1. The third-order valence-corrected chi connectivity index (χ3v) is 3.72. The summed E-state index contributed by atoms with van der Waals surface area (Å²) in [6, 6.07) is 15.6. The molecule has 2 aromatic rings. The Morgan fingerprint density at radius 1 is 1.05 bits per heavy atom. The van der Waals surface area contributed by atoms with E-state index in [9.17, 15) is 4.79 Å². The highest BCUT2D eigenvalue weighted by Gasteiger charge is 2.20. The fourth-order valence-electron chi connectivity index (χ4n) is 2.03. The van der Waals surface area contributed by atoms with Crippen molar-refractivity contribution in [3.8, 4) is 0 Å². The van der Waals surface area contributed by atoms with Crippen molar-refractivity contribution in [3.63, 3.8) is 0 Å². The molecule has 1 N–H and O–H groups in total. The number of hydrogen-bond acceptors (Lipinski definition) is 2. The molecule has 0 spiro atoms. The lowest BCUT2D eigenvalue weighted by Crippen LogP contribution is -2.24. The highest BCUT2D eigenvalue weighted by Crippen LogP contribution is 2.17. The van der Waals surface area contributed by atoms with Crippen LogP contribution in [0.3, 0.4) is 0 Å². The lowest BCUT2D eigenvalue weighted by atomic mass is 10.1. The quantitative estimate of drug-likeness (QED) is 0.832. The van der Waals surface area contributed by atoms with E-state index in [1.807, 2.05) is 55.5 Å². The van der Waals surface area contributed by atoms with Crippen molar-refractivity contribution in [2.45, 2.75) is 6.92 Å². The number of benzene rings is 2. The molecule has 0 bridgehead atoms. The van der Waals surface area contributed by atoms with Gasteiger partial charge in [-0.25, -0.2) is 4.99 Å². The SMILES string of the molecule is Cc1ccc(C2=N/C(=C/c3ccc(Br)cc3)C(=O)N2)cc1. The minimum atomic E-state index is -0.173. The number of nitrogens with zero attached hydrogens (tertiary/aromatic N) is 1. The minimum Gasteiger partial charge on any atom is -0.305 e. The van der Waals surface area contributed by atoms with Gasteiger partial charge in [0.05, 0.1) is 0 Å². The molecule has 0 aromatic heterocycles. The highest BCUT2D eigenvalue weighted by molar-refractivity contribution is 9.10. The molecule has 21 heavy (non-hydrogen) atoms. The topological polar surface area (TPSA) is 41.5 Å². The average molecular weight is 341 g/mol. The number of rotatable bonds is 2. The van der Waals surface area contributed by atoms with Crippen LogP contribution in [0.1, 0.15) is 16.7 Å². The first-order valence-corrected chi connectivity index (χ1v) is 7.35. The van der Waals surface area contributed by atoms with Crippen LogP contribution in [-0.2, 0) is 4.79 Å². The van der Waals surface area contributed by atoms with Crippen LogP contribution in [0, 0.1) is 6.92 Å². The van der Waals surface area contributed by atoms with E-state index in [1.165, 1.54) is 5.56 Å². The van der Waals surface area contributed by atoms with Crippen LogP contribution in [-0.4, -0.2) is 11.7 Å². The fourth-order valence-corrected chi connectivity index (χ4v) is 2.30. The summed E-state index contributed by atoms with van der Waals surface area (Å²) in [5, 5.41) is 2.80. The van der Waals surface area contributed by atoms with E-state index in [0.717, 1.165) is 15.6 Å². The summed E-state index contributed by atoms with van der Waals surface area (Å²) in [4.78, 5) is 16.4. The Morgan fingerprint density at radius 3 is 2.38 bits per heavy atom. The summed E-state index contributed by atoms with van der Waals surface area (Å²) in [5.41, 5.74) is 3.45. The standard InChI is InChI=1S/C17H13BrN2O/c1-11-2-6-13(7-3-11)16-19-15(17(21)20-16)10-12-4-8-14(18)9-5-12/h2-10H,1H3,(H,19,20,21)/b15-10+. The Kier molecular flexibility index (Phi) is 3.71. The minimum absolute atomic E-state index is 0.173. The van der Waals surface area contributed by atoms with Crippen LogP contribution in [0.2, 0.25) is 0 Å². The third-order valence-electron chi connectivity index (χ3n) is 3.20. The van der Waals surface area contributed by atoms with Gasteiger partial charge in [-0.15, -0.1) is 0 Å². The second kappa shape index (κ2) is 5.66. The number of nitrogens with one attached hydrogen (secondary N) is 1. The molecule has 0 fully saturated rings. The van der Waals surface area contributed by atoms with Crippen molar-refractivity contribution in [2.24, 2.45) is 4.99 Å². The van der Waals surface area contributed by atoms with Gasteiger partial charge in [-0.2, -0.15) is 0 Å². The molecule has 0 unspecified atom stereocenters. The fraction of sp³-hybridized carbons (Fsp3) is 0.0588. The first kappa shape index (κ1) is 13.8. The van der Waals surface area contributed by atoms with Crippen molar-refractivity contribution in [2.75, 3.05) is 0 Å². The van der Waals surface area contributed by atoms with Gasteiger partial charge in [0, 0.05) is 10.0 Å². The van der Waals surface area contributed by atoms with Crippen LogP contribution in [0.5, 0.6) is 0 Å². The molecular weight excluding hydrogens is 328 g/mol. The maximum absolute atomic E-state index is 12.0. The van der Waals surface area contributed by atoms with Crippen LogP contribution < -0.4 is 5.32 Å². The Labute approximate surface area is 131 Å². The second-order valence-electron chi connectivity index (χ2n) is 4.86. The predicted molar refractivity (Wildman–Crippen MR) is 88.0 cm³/mol. The summed E-state index contributed by atoms with van der Waals surface area (Å²) >= 11 is 3.39. The molecule has 1 aliphatic heterocycles. The average Bonchev–Trinajstić information content (AvgIpc) is 2.83. The first-order chi connectivity index (χ1) is 10.1. The number of aryl methyl sites for hydroxylation is 1. The van der Waals surface area contributed by atoms with Crippen LogP contribution in [0.25, 0.3) is 6.08 Å². The summed E-state index contributed by atoms with van der Waals surface area (Å²) in [5.74, 6) is 0.428. The predicted octanol–water partition coefficient (Wildman–Crippen LogP) is 3.68. The van der Waals surface area contributed by atoms with E-state index in [2.05, 4.69) is 26.2 Å². The number of aliphatic imine (C=N–C) groups is 1. The number of amides is 1. The van der Waals surface area contributed by atoms with E-state index in [1.54, 1.807) is 6.08 Å². The smallest absolute Gasteiger partial charge is 0.275 e. The molecule has 0 atom stereocenters. The molecule has 2 aromatic carbocycles. The van der Waals surface area contributed by atoms with Gasteiger partial charge in [0.15, 0.2) is 0 Å². The zero-order valence-electron chi connectivity index (χ0n) is 11.4. The first-order valence-electron chi connectivity index (χ1n) is 6.56. The van der Waals surface area contributed by atoms with Crippen LogP contribution in [0.4, 0.5) is 0 Å². The number of carbonyl (C=O) groups excluding carboxylic acids is 1. The molecule has 0 saturated carbocycles. The normalized spacial score (nSPS) is 16.0. The van der Waals surface area contributed by atoms with Crippen molar-refractivity contribution in [1.29, 1.82) is 0 Å². The van der Waals surface area contributed by atoms with Gasteiger partial charge in [-0.05, 0) is 30.7 Å². The molecule has 0 saturated heterocycles. The van der Waals surface area contributed by atoms with Gasteiger partial charge in [0.25, 0.3) is 5.91 Å². The Balaban J connectivity index is 1.91. The van der Waals surface area contributed by atoms with Crippen LogP contribution >= 0.6 is 15.9 Å². The summed E-state index contributed by atoms with van der Waals surface area (Å²) in [6.45, 7) is 2.03. The van der Waals surface area contributed by atoms with E-state index < -0.39 is 0 Å². The Bertz CT molecular complexity index is 743. The van der Waals surface area contributed by atoms with Gasteiger partial charge in [-0.1, -0.05) is 57.9 Å². The molecule has 1 aliphatic rings. The molecular formula is C17H13BrN2O. The van der Waals surface area contributed by atoms with Gasteiger partial charge in [0.1, 0.15) is 11.5 Å². The summed E-state index contributed by atoms with van der Waals surface area (Å²) in [6.07, 6.45) is 1.78. The number of amidine groups is 1. The zero-order chi connectivity index (χ0) is 14.8. The largest absolute Gasteiger partial charge is 0.305 e. The van der Waals surface area contributed by atoms with Gasteiger partial charge in [0.2, 0.25) is 0 Å². The molecule has 1 amide bonds. The second-order valence-corrected chi connectivity index (χ2v) is 5.78. The molecule has 3 nitrogen and oxygen atoms in total. The Hall–Kier alpha value is -2.20. The summed E-state index contributed by atoms with van der Waals surface area (Å²) < 4.78 is 1.00. The molecule has 0 aliphatic carbocycles. The maximum Gasteiger partial charge on any atom is 0.275 e. The number of halogens is 1. The maximum atomic E-state index is 12.0. The number of hydrogen-bond donors (Lipinski definition) is 1. The van der Waals surface area contributed by atoms with Crippen molar-refractivity contribution in [3.05, 3.63) is 75.4 Å². The van der Waals surface area contributed by atoms with Gasteiger partial charge < -0.3 is 5.32 Å². The van der Waals surface area contributed by atoms with Crippen molar-refractivity contribution in [1.82, 2.24) is 5.32 Å². The van der Waals surface area contributed by atoms with Crippen LogP contribution in [0.15, 0.2) is 63.7 Å². The molecule has 4 heteroatoms. The zero-order valence-corrected chi connectivity index (χ0v) is 13.0. The molecule has 1 heterocycles. The molecule has 0 radical (unpaired) electrons.